The van der Waals surface area contributed by atoms with Gasteiger partial charge >= 0.3 is 0 Å². The van der Waals surface area contributed by atoms with E-state index < -0.39 is 5.91 Å². The second kappa shape index (κ2) is 8.78. The van der Waals surface area contributed by atoms with Gasteiger partial charge < -0.3 is 20.5 Å². The fourth-order valence-electron chi connectivity index (χ4n) is 2.15. The Hall–Kier alpha value is -2.56. The second-order valence-electron chi connectivity index (χ2n) is 5.07. The highest BCUT2D eigenvalue weighted by Crippen LogP contribution is 2.15. The van der Waals surface area contributed by atoms with Crippen molar-refractivity contribution < 1.29 is 14.6 Å². The van der Waals surface area contributed by atoms with Crippen LogP contribution < -0.4 is 10.6 Å². The van der Waals surface area contributed by atoms with E-state index in [9.17, 15) is 9.90 Å². The number of phenols is 1. The van der Waals surface area contributed by atoms with E-state index in [0.29, 0.717) is 25.4 Å². The zero-order chi connectivity index (χ0) is 16.5. The third-order valence-corrected chi connectivity index (χ3v) is 3.41. The van der Waals surface area contributed by atoms with Gasteiger partial charge in [0, 0.05) is 44.1 Å². The number of carbonyl (C=O) groups is 1. The maximum atomic E-state index is 12.0. The molecule has 122 valence electrons. The van der Waals surface area contributed by atoms with E-state index in [-0.39, 0.29) is 11.3 Å². The lowest BCUT2D eigenvalue weighted by atomic mass is 10.2. The molecule has 0 bridgehead atoms. The molecule has 7 heteroatoms. The fraction of sp³-hybridized carbons (Fsp3) is 0.375. The maximum absolute atomic E-state index is 12.0. The predicted octanol–water partition coefficient (Wildman–Crippen LogP) is 0.660. The van der Waals surface area contributed by atoms with Gasteiger partial charge in [-0.25, -0.2) is 0 Å². The summed E-state index contributed by atoms with van der Waals surface area (Å²) < 4.78 is 5.26. The number of hydrogen-bond donors (Lipinski definition) is 3. The monoisotopic (exact) mass is 316 g/mol. The van der Waals surface area contributed by atoms with Gasteiger partial charge in [0.1, 0.15) is 17.4 Å². The van der Waals surface area contributed by atoms with Gasteiger partial charge in [-0.05, 0) is 12.1 Å². The Balaban J connectivity index is 1.80. The molecular formula is C16H20N4O3. The molecule has 0 atom stereocenters. The molecule has 1 saturated heterocycles. The summed E-state index contributed by atoms with van der Waals surface area (Å²) in [5.41, 5.74) is 0.578. The molecule has 1 amide bonds. The van der Waals surface area contributed by atoms with Crippen LogP contribution in [0, 0.1) is 11.3 Å². The Morgan fingerprint density at radius 2 is 2.22 bits per heavy atom. The number of anilines is 1. The Bertz CT molecular complexity index is 604. The van der Waals surface area contributed by atoms with Gasteiger partial charge in [0.2, 0.25) is 0 Å². The Labute approximate surface area is 135 Å². The molecule has 1 aromatic carbocycles. The number of benzene rings is 1. The van der Waals surface area contributed by atoms with Gasteiger partial charge in [-0.2, -0.15) is 5.26 Å². The minimum absolute atomic E-state index is 0.0182. The Kier molecular flexibility index (Phi) is 6.41. The third kappa shape index (κ3) is 5.62. The molecule has 0 spiro atoms. The molecule has 1 aromatic rings. The van der Waals surface area contributed by atoms with Gasteiger partial charge in [0.15, 0.2) is 0 Å². The summed E-state index contributed by atoms with van der Waals surface area (Å²) >= 11 is 0. The average Bonchev–Trinajstić information content (AvgIpc) is 2.56. The van der Waals surface area contributed by atoms with Gasteiger partial charge in [0.25, 0.3) is 5.91 Å². The molecule has 0 aromatic heterocycles. The normalized spacial score (nSPS) is 15.7. The predicted molar refractivity (Wildman–Crippen MR) is 85.7 cm³/mol. The van der Waals surface area contributed by atoms with Crippen LogP contribution in [0.15, 0.2) is 36.0 Å². The second-order valence-corrected chi connectivity index (χ2v) is 5.07. The number of aromatic hydroxyl groups is 1. The molecule has 2 rings (SSSR count). The molecule has 1 heterocycles. The first-order valence-corrected chi connectivity index (χ1v) is 7.43. The Morgan fingerprint density at radius 3 is 2.91 bits per heavy atom. The highest BCUT2D eigenvalue weighted by atomic mass is 16.5. The van der Waals surface area contributed by atoms with E-state index in [0.717, 1.165) is 19.6 Å². The summed E-state index contributed by atoms with van der Waals surface area (Å²) in [5, 5.41) is 24.0. The highest BCUT2D eigenvalue weighted by molar-refractivity contribution is 5.97. The number of nitriles is 1. The summed E-state index contributed by atoms with van der Waals surface area (Å²) in [4.78, 5) is 14.2. The first-order valence-electron chi connectivity index (χ1n) is 7.43. The fourth-order valence-corrected chi connectivity index (χ4v) is 2.15. The molecule has 23 heavy (non-hydrogen) atoms. The molecule has 1 fully saturated rings. The topological polar surface area (TPSA) is 97.6 Å². The van der Waals surface area contributed by atoms with Crippen molar-refractivity contribution in [3.05, 3.63) is 36.0 Å². The minimum atomic E-state index is -0.423. The van der Waals surface area contributed by atoms with Crippen LogP contribution in [0.1, 0.15) is 0 Å². The van der Waals surface area contributed by atoms with Crippen molar-refractivity contribution in [3.63, 3.8) is 0 Å². The van der Waals surface area contributed by atoms with Crippen LogP contribution >= 0.6 is 0 Å². The van der Waals surface area contributed by atoms with Crippen molar-refractivity contribution in [2.24, 2.45) is 0 Å². The Morgan fingerprint density at radius 1 is 1.43 bits per heavy atom. The molecule has 0 saturated carbocycles. The molecule has 1 aliphatic rings. The first-order chi connectivity index (χ1) is 11.2. The molecule has 1 aliphatic heterocycles. The summed E-state index contributed by atoms with van der Waals surface area (Å²) in [7, 11) is 0. The van der Waals surface area contributed by atoms with Crippen LogP contribution in [0.2, 0.25) is 0 Å². The molecular weight excluding hydrogens is 296 g/mol. The van der Waals surface area contributed by atoms with Crippen LogP contribution in [0.3, 0.4) is 0 Å². The molecule has 3 N–H and O–H groups in total. The number of hydrogen-bond acceptors (Lipinski definition) is 6. The number of rotatable bonds is 6. The van der Waals surface area contributed by atoms with Gasteiger partial charge in [0.05, 0.1) is 13.2 Å². The van der Waals surface area contributed by atoms with E-state index in [1.54, 1.807) is 18.2 Å². The number of ether oxygens (including phenoxy) is 1. The van der Waals surface area contributed by atoms with E-state index >= 15 is 0 Å². The molecule has 7 nitrogen and oxygen atoms in total. The van der Waals surface area contributed by atoms with E-state index in [2.05, 4.69) is 15.5 Å². The lowest BCUT2D eigenvalue weighted by molar-refractivity contribution is -0.117. The number of morpholine rings is 1. The van der Waals surface area contributed by atoms with E-state index in [1.165, 1.54) is 12.3 Å². The van der Waals surface area contributed by atoms with Gasteiger partial charge in [-0.15, -0.1) is 0 Å². The number of nitrogens with one attached hydrogen (secondary N) is 2. The first kappa shape index (κ1) is 16.8. The lowest BCUT2D eigenvalue weighted by Gasteiger charge is -2.26. The van der Waals surface area contributed by atoms with Crippen molar-refractivity contribution in [2.75, 3.05) is 44.7 Å². The van der Waals surface area contributed by atoms with Crippen molar-refractivity contribution in [1.82, 2.24) is 10.2 Å². The quantitative estimate of drug-likeness (QED) is 0.527. The van der Waals surface area contributed by atoms with Crippen molar-refractivity contribution in [2.45, 2.75) is 0 Å². The summed E-state index contributed by atoms with van der Waals surface area (Å²) in [5.74, 6) is -0.315. The SMILES string of the molecule is N#C/C(=C/Nc1cccc(O)c1)C(=O)NCCN1CCOCC1. The van der Waals surface area contributed by atoms with Crippen LogP contribution in [0.25, 0.3) is 0 Å². The zero-order valence-electron chi connectivity index (χ0n) is 12.8. The largest absolute Gasteiger partial charge is 0.508 e. The van der Waals surface area contributed by atoms with Crippen LogP contribution in [0.5, 0.6) is 5.75 Å². The summed E-state index contributed by atoms with van der Waals surface area (Å²) in [6, 6.07) is 8.30. The third-order valence-electron chi connectivity index (χ3n) is 3.41. The number of carbonyl (C=O) groups excluding carboxylic acids is 1. The van der Waals surface area contributed by atoms with Crippen LogP contribution in [-0.2, 0) is 9.53 Å². The standard InChI is InChI=1S/C16H20N4O3/c17-11-13(12-19-14-2-1-3-15(21)10-14)16(22)18-4-5-20-6-8-23-9-7-20/h1-3,10,12,19,21H,4-9H2,(H,18,22)/b13-12-. The molecule has 0 aliphatic carbocycles. The molecule has 0 radical (unpaired) electrons. The van der Waals surface area contributed by atoms with E-state index in [4.69, 9.17) is 10.00 Å². The number of nitrogens with zero attached hydrogens (tertiary/aromatic N) is 2. The summed E-state index contributed by atoms with van der Waals surface area (Å²) in [6.07, 6.45) is 1.33. The number of phenolic OH excluding ortho intramolecular Hbond substituents is 1. The summed E-state index contributed by atoms with van der Waals surface area (Å²) in [6.45, 7) is 4.35. The minimum Gasteiger partial charge on any atom is -0.508 e. The lowest BCUT2D eigenvalue weighted by Crippen LogP contribution is -2.41. The number of amides is 1. The van der Waals surface area contributed by atoms with Crippen LogP contribution in [-0.4, -0.2) is 55.3 Å². The maximum Gasteiger partial charge on any atom is 0.263 e. The van der Waals surface area contributed by atoms with Gasteiger partial charge in [-0.1, -0.05) is 6.07 Å². The highest BCUT2D eigenvalue weighted by Gasteiger charge is 2.12. The van der Waals surface area contributed by atoms with Crippen molar-refractivity contribution in [1.29, 1.82) is 5.26 Å². The average molecular weight is 316 g/mol. The van der Waals surface area contributed by atoms with Crippen LogP contribution in [0.4, 0.5) is 5.69 Å². The zero-order valence-corrected chi connectivity index (χ0v) is 12.8. The van der Waals surface area contributed by atoms with Gasteiger partial charge in [-0.3, -0.25) is 9.69 Å². The van der Waals surface area contributed by atoms with E-state index in [1.807, 2.05) is 6.07 Å². The smallest absolute Gasteiger partial charge is 0.263 e. The molecule has 0 unspecified atom stereocenters. The van der Waals surface area contributed by atoms with Crippen molar-refractivity contribution >= 4 is 11.6 Å². The van der Waals surface area contributed by atoms with Crippen molar-refractivity contribution in [3.8, 4) is 11.8 Å².